The van der Waals surface area contributed by atoms with E-state index in [1.165, 1.54) is 12.1 Å². The lowest BCUT2D eigenvalue weighted by molar-refractivity contribution is -0.173. The highest BCUT2D eigenvalue weighted by atomic mass is 19.4. The number of carbonyl (C=O) groups excluding carboxylic acids is 2. The molecule has 0 atom stereocenters. The van der Waals surface area contributed by atoms with E-state index in [4.69, 9.17) is 0 Å². The minimum absolute atomic E-state index is 0.0437. The van der Waals surface area contributed by atoms with E-state index in [0.717, 1.165) is 12.1 Å². The molecule has 19 heavy (non-hydrogen) atoms. The first-order valence-electron chi connectivity index (χ1n) is 5.19. The van der Waals surface area contributed by atoms with Gasteiger partial charge in [0.25, 0.3) is 5.91 Å². The van der Waals surface area contributed by atoms with Crippen LogP contribution in [0.5, 0.6) is 0 Å². The number of amides is 2. The number of carbonyl (C=O) groups is 2. The largest absolute Gasteiger partial charge is 0.471 e. The third-order valence-corrected chi connectivity index (χ3v) is 2.04. The van der Waals surface area contributed by atoms with Crippen molar-refractivity contribution in [2.24, 2.45) is 0 Å². The summed E-state index contributed by atoms with van der Waals surface area (Å²) in [6, 6.07) is 4.83. The molecule has 0 fully saturated rings. The van der Waals surface area contributed by atoms with Crippen molar-refractivity contribution in [1.29, 1.82) is 0 Å². The second kappa shape index (κ2) is 6.17. The van der Waals surface area contributed by atoms with Gasteiger partial charge in [0, 0.05) is 18.7 Å². The first kappa shape index (κ1) is 14.9. The first-order valence-corrected chi connectivity index (χ1v) is 5.19. The van der Waals surface area contributed by atoms with Crippen LogP contribution in [0.2, 0.25) is 0 Å². The molecular formula is C11H10F4N2O2. The van der Waals surface area contributed by atoms with E-state index in [0.29, 0.717) is 0 Å². The lowest BCUT2D eigenvalue weighted by atomic mass is 10.2. The fraction of sp³-hybridized carbons (Fsp3) is 0.273. The van der Waals surface area contributed by atoms with Gasteiger partial charge in [0.15, 0.2) is 0 Å². The minimum atomic E-state index is -4.95. The van der Waals surface area contributed by atoms with E-state index in [1.54, 1.807) is 5.32 Å². The smallest absolute Gasteiger partial charge is 0.350 e. The van der Waals surface area contributed by atoms with Gasteiger partial charge in [-0.05, 0) is 18.2 Å². The van der Waals surface area contributed by atoms with Crippen LogP contribution in [0.1, 0.15) is 10.4 Å². The minimum Gasteiger partial charge on any atom is -0.350 e. The van der Waals surface area contributed by atoms with Gasteiger partial charge in [-0.1, -0.05) is 6.07 Å². The molecule has 4 nitrogen and oxygen atoms in total. The van der Waals surface area contributed by atoms with Gasteiger partial charge in [-0.3, -0.25) is 9.59 Å². The standard InChI is InChI=1S/C11H10F4N2O2/c12-8-3-1-2-7(6-8)9(18)16-4-5-17-10(19)11(13,14)15/h1-3,6H,4-5H2,(H,16,18)(H,17,19). The molecule has 0 aliphatic carbocycles. The van der Waals surface area contributed by atoms with Crippen LogP contribution in [-0.2, 0) is 4.79 Å². The van der Waals surface area contributed by atoms with Crippen molar-refractivity contribution in [3.05, 3.63) is 35.6 Å². The third-order valence-electron chi connectivity index (χ3n) is 2.04. The van der Waals surface area contributed by atoms with Gasteiger partial charge >= 0.3 is 12.1 Å². The Morgan fingerprint density at radius 3 is 2.32 bits per heavy atom. The maximum Gasteiger partial charge on any atom is 0.471 e. The Kier molecular flexibility index (Phi) is 4.85. The van der Waals surface area contributed by atoms with E-state index < -0.39 is 23.8 Å². The highest BCUT2D eigenvalue weighted by Gasteiger charge is 2.38. The molecule has 0 saturated heterocycles. The van der Waals surface area contributed by atoms with Crippen molar-refractivity contribution in [2.45, 2.75) is 6.18 Å². The molecule has 2 amide bonds. The highest BCUT2D eigenvalue weighted by Crippen LogP contribution is 2.13. The van der Waals surface area contributed by atoms with Crippen molar-refractivity contribution in [1.82, 2.24) is 10.6 Å². The summed E-state index contributed by atoms with van der Waals surface area (Å²) in [5, 5.41) is 3.83. The highest BCUT2D eigenvalue weighted by molar-refractivity contribution is 5.94. The number of rotatable bonds is 4. The molecule has 0 bridgehead atoms. The van der Waals surface area contributed by atoms with Crippen molar-refractivity contribution >= 4 is 11.8 Å². The molecule has 8 heteroatoms. The molecule has 1 aromatic rings. The monoisotopic (exact) mass is 278 g/mol. The maximum atomic E-state index is 12.8. The van der Waals surface area contributed by atoms with Crippen LogP contribution in [-0.4, -0.2) is 31.1 Å². The molecule has 1 rings (SSSR count). The Morgan fingerprint density at radius 2 is 1.74 bits per heavy atom. The van der Waals surface area contributed by atoms with Gasteiger partial charge in [0.2, 0.25) is 0 Å². The molecule has 0 heterocycles. The maximum absolute atomic E-state index is 12.8. The normalized spacial score (nSPS) is 10.9. The lowest BCUT2D eigenvalue weighted by Gasteiger charge is -2.08. The van der Waals surface area contributed by atoms with Gasteiger partial charge in [0.05, 0.1) is 0 Å². The van der Waals surface area contributed by atoms with Gasteiger partial charge in [-0.25, -0.2) is 4.39 Å². The number of halogens is 4. The summed E-state index contributed by atoms with van der Waals surface area (Å²) in [7, 11) is 0. The molecule has 104 valence electrons. The average molecular weight is 278 g/mol. The number of benzene rings is 1. The van der Waals surface area contributed by atoms with Gasteiger partial charge in [-0.2, -0.15) is 13.2 Å². The fourth-order valence-electron chi connectivity index (χ4n) is 1.18. The third kappa shape index (κ3) is 4.94. The number of hydrogen-bond donors (Lipinski definition) is 2. The van der Waals surface area contributed by atoms with E-state index in [1.807, 2.05) is 0 Å². The van der Waals surface area contributed by atoms with Crippen molar-refractivity contribution in [3.8, 4) is 0 Å². The Balaban J connectivity index is 2.34. The quantitative estimate of drug-likeness (QED) is 0.643. The van der Waals surface area contributed by atoms with Crippen LogP contribution >= 0.6 is 0 Å². The Morgan fingerprint density at radius 1 is 1.11 bits per heavy atom. The zero-order valence-electron chi connectivity index (χ0n) is 9.55. The summed E-state index contributed by atoms with van der Waals surface area (Å²) in [5.41, 5.74) is 0.0437. The molecule has 0 spiro atoms. The van der Waals surface area contributed by atoms with Crippen LogP contribution < -0.4 is 10.6 Å². The van der Waals surface area contributed by atoms with Crippen molar-refractivity contribution in [3.63, 3.8) is 0 Å². The van der Waals surface area contributed by atoms with Crippen LogP contribution in [0, 0.1) is 5.82 Å². The van der Waals surface area contributed by atoms with Crippen LogP contribution in [0.4, 0.5) is 17.6 Å². The zero-order chi connectivity index (χ0) is 14.5. The van der Waals surface area contributed by atoms with E-state index in [2.05, 4.69) is 5.32 Å². The number of alkyl halides is 3. The number of hydrogen-bond acceptors (Lipinski definition) is 2. The van der Waals surface area contributed by atoms with Crippen molar-refractivity contribution in [2.75, 3.05) is 13.1 Å². The van der Waals surface area contributed by atoms with E-state index in [-0.39, 0.29) is 18.7 Å². The SMILES string of the molecule is O=C(NCCNC(=O)C(F)(F)F)c1cccc(F)c1. The zero-order valence-corrected chi connectivity index (χ0v) is 9.55. The molecule has 1 aromatic carbocycles. The first-order chi connectivity index (χ1) is 8.80. The second-order valence-electron chi connectivity index (χ2n) is 3.52. The Hall–Kier alpha value is -2.12. The van der Waals surface area contributed by atoms with Gasteiger partial charge < -0.3 is 10.6 Å². The molecule has 2 N–H and O–H groups in total. The summed E-state index contributed by atoms with van der Waals surface area (Å²) < 4.78 is 48.2. The topological polar surface area (TPSA) is 58.2 Å². The summed E-state index contributed by atoms with van der Waals surface area (Å²) in [4.78, 5) is 21.9. The molecule has 0 aromatic heterocycles. The van der Waals surface area contributed by atoms with Crippen LogP contribution in [0.15, 0.2) is 24.3 Å². The lowest BCUT2D eigenvalue weighted by Crippen LogP contribution is -2.41. The molecule has 0 aliphatic heterocycles. The Bertz CT molecular complexity index is 474. The van der Waals surface area contributed by atoms with E-state index >= 15 is 0 Å². The predicted octanol–water partition coefficient (Wildman–Crippen LogP) is 1.23. The molecule has 0 saturated carbocycles. The average Bonchev–Trinajstić information content (AvgIpc) is 2.32. The fourth-order valence-corrected chi connectivity index (χ4v) is 1.18. The van der Waals surface area contributed by atoms with Crippen LogP contribution in [0.25, 0.3) is 0 Å². The Labute approximate surface area is 105 Å². The van der Waals surface area contributed by atoms with E-state index in [9.17, 15) is 27.2 Å². The molecule has 0 radical (unpaired) electrons. The van der Waals surface area contributed by atoms with Crippen molar-refractivity contribution < 1.29 is 27.2 Å². The summed E-state index contributed by atoms with van der Waals surface area (Å²) >= 11 is 0. The number of nitrogens with one attached hydrogen (secondary N) is 2. The van der Waals surface area contributed by atoms with Gasteiger partial charge in [0.1, 0.15) is 5.82 Å². The molecule has 0 aliphatic rings. The molecule has 0 unspecified atom stereocenters. The second-order valence-corrected chi connectivity index (χ2v) is 3.52. The molecular weight excluding hydrogens is 268 g/mol. The predicted molar refractivity (Wildman–Crippen MR) is 57.8 cm³/mol. The van der Waals surface area contributed by atoms with Crippen LogP contribution in [0.3, 0.4) is 0 Å². The summed E-state index contributed by atoms with van der Waals surface area (Å²) in [6.07, 6.45) is -4.95. The summed E-state index contributed by atoms with van der Waals surface area (Å²) in [6.45, 7) is -0.573. The van der Waals surface area contributed by atoms with Gasteiger partial charge in [-0.15, -0.1) is 0 Å². The summed E-state index contributed by atoms with van der Waals surface area (Å²) in [5.74, 6) is -3.31.